The second-order valence-electron chi connectivity index (χ2n) is 6.00. The number of amidine groups is 1. The lowest BCUT2D eigenvalue weighted by atomic mass is 10.3. The van der Waals surface area contributed by atoms with Crippen molar-refractivity contribution < 1.29 is 19.9 Å². The molecule has 2 heterocycles. The lowest BCUT2D eigenvalue weighted by molar-refractivity contribution is 0.297. The maximum Gasteiger partial charge on any atom is 0.213 e. The monoisotopic (exact) mass is 454 g/mol. The van der Waals surface area contributed by atoms with Crippen molar-refractivity contribution in [1.82, 2.24) is 9.97 Å². The molecule has 172 valence electrons. The summed E-state index contributed by atoms with van der Waals surface area (Å²) in [4.78, 5) is 8.15. The molecule has 0 unspecified atom stereocenters. The number of halogens is 1. The number of rotatable bonds is 9. The average Bonchev–Trinajstić information content (AvgIpc) is 2.78. The SMILES string of the molecule is Cc1ccc(OCCC/C(N)=N\O)nc1.Cc1ccc(OCCCC#N)nc1.Cl.NO. The predicted molar refractivity (Wildman–Crippen MR) is 120 cm³/mol. The summed E-state index contributed by atoms with van der Waals surface area (Å²) in [6.45, 7) is 5.01. The number of ether oxygens (including phenoxy) is 2. The Morgan fingerprint density at radius 1 is 1.00 bits per heavy atom. The van der Waals surface area contributed by atoms with Crippen LogP contribution in [0.25, 0.3) is 0 Å². The van der Waals surface area contributed by atoms with Crippen molar-refractivity contribution in [1.29, 1.82) is 5.26 Å². The summed E-state index contributed by atoms with van der Waals surface area (Å²) in [7, 11) is 0. The Morgan fingerprint density at radius 2 is 1.48 bits per heavy atom. The summed E-state index contributed by atoms with van der Waals surface area (Å²) >= 11 is 0. The van der Waals surface area contributed by atoms with E-state index in [1.165, 1.54) is 0 Å². The van der Waals surface area contributed by atoms with E-state index in [2.05, 4.69) is 27.1 Å². The van der Waals surface area contributed by atoms with E-state index < -0.39 is 0 Å². The van der Waals surface area contributed by atoms with Crippen LogP contribution >= 0.6 is 12.4 Å². The highest BCUT2D eigenvalue weighted by Crippen LogP contribution is 2.07. The molecule has 0 amide bonds. The highest BCUT2D eigenvalue weighted by molar-refractivity contribution is 5.85. The van der Waals surface area contributed by atoms with Gasteiger partial charge in [0.05, 0.1) is 19.3 Å². The summed E-state index contributed by atoms with van der Waals surface area (Å²) in [5.74, 6) is 4.94. The lowest BCUT2D eigenvalue weighted by Crippen LogP contribution is -2.12. The first-order valence-electron chi connectivity index (χ1n) is 9.25. The third-order valence-electron chi connectivity index (χ3n) is 3.41. The number of nitriles is 1. The first-order valence-corrected chi connectivity index (χ1v) is 9.25. The van der Waals surface area contributed by atoms with Crippen LogP contribution in [0.3, 0.4) is 0 Å². The molecule has 0 bridgehead atoms. The molecule has 31 heavy (non-hydrogen) atoms. The first kappa shape index (κ1) is 30.1. The van der Waals surface area contributed by atoms with Crippen LogP contribution in [0.15, 0.2) is 41.8 Å². The average molecular weight is 455 g/mol. The molecule has 0 aliphatic rings. The summed E-state index contributed by atoms with van der Waals surface area (Å²) < 4.78 is 10.7. The van der Waals surface area contributed by atoms with Gasteiger partial charge in [-0.1, -0.05) is 17.3 Å². The second kappa shape index (κ2) is 20.2. The maximum atomic E-state index is 8.29. The van der Waals surface area contributed by atoms with Crippen LogP contribution in [0.1, 0.15) is 36.8 Å². The maximum absolute atomic E-state index is 8.29. The van der Waals surface area contributed by atoms with Crippen molar-refractivity contribution in [3.05, 3.63) is 47.8 Å². The van der Waals surface area contributed by atoms with Crippen LogP contribution in [0.2, 0.25) is 0 Å². The number of unbranched alkanes of at least 4 members (excludes halogenated alkanes) is 1. The third kappa shape index (κ3) is 16.4. The highest BCUT2D eigenvalue weighted by Gasteiger charge is 1.97. The van der Waals surface area contributed by atoms with Gasteiger partial charge in [0.25, 0.3) is 0 Å². The molecule has 0 fully saturated rings. The highest BCUT2D eigenvalue weighted by atomic mass is 35.5. The van der Waals surface area contributed by atoms with Crippen molar-refractivity contribution in [2.75, 3.05) is 13.2 Å². The van der Waals surface area contributed by atoms with E-state index in [4.69, 9.17) is 30.9 Å². The minimum atomic E-state index is 0. The van der Waals surface area contributed by atoms with Gasteiger partial charge >= 0.3 is 0 Å². The van der Waals surface area contributed by atoms with Crippen LogP contribution in [0.5, 0.6) is 11.8 Å². The Kier molecular flexibility index (Phi) is 19.5. The Hall–Kier alpha value is -3.13. The van der Waals surface area contributed by atoms with E-state index in [0.29, 0.717) is 44.2 Å². The van der Waals surface area contributed by atoms with Gasteiger partial charge in [-0.25, -0.2) is 15.9 Å². The Labute approximate surface area is 188 Å². The van der Waals surface area contributed by atoms with E-state index >= 15 is 0 Å². The molecule has 11 heteroatoms. The lowest BCUT2D eigenvalue weighted by Gasteiger charge is -2.04. The molecule has 0 aliphatic carbocycles. The summed E-state index contributed by atoms with van der Waals surface area (Å²) in [6, 6.07) is 9.60. The number of pyridine rings is 2. The van der Waals surface area contributed by atoms with Crippen molar-refractivity contribution in [3.63, 3.8) is 0 Å². The quantitative estimate of drug-likeness (QED) is 0.146. The fourth-order valence-electron chi connectivity index (χ4n) is 1.89. The number of nitrogens with two attached hydrogens (primary N) is 2. The summed E-state index contributed by atoms with van der Waals surface area (Å²) in [5, 5.41) is 25.9. The number of aromatic nitrogens is 2. The number of hydrogen-bond acceptors (Lipinski definition) is 9. The number of nitrogens with zero attached hydrogens (tertiary/aromatic N) is 4. The second-order valence-corrected chi connectivity index (χ2v) is 6.00. The molecular weight excluding hydrogens is 424 g/mol. The van der Waals surface area contributed by atoms with E-state index in [1.807, 2.05) is 38.1 Å². The van der Waals surface area contributed by atoms with Gasteiger partial charge in [0.2, 0.25) is 11.8 Å². The molecule has 10 nitrogen and oxygen atoms in total. The zero-order valence-corrected chi connectivity index (χ0v) is 18.6. The molecule has 2 rings (SSSR count). The zero-order chi connectivity index (χ0) is 22.6. The van der Waals surface area contributed by atoms with Crippen molar-refractivity contribution in [2.24, 2.45) is 16.8 Å². The molecule has 0 radical (unpaired) electrons. The normalized spacial score (nSPS) is 9.58. The van der Waals surface area contributed by atoms with Gasteiger partial charge in [-0.2, -0.15) is 5.26 Å². The minimum Gasteiger partial charge on any atom is -0.478 e. The molecule has 6 N–H and O–H groups in total. The fourth-order valence-corrected chi connectivity index (χ4v) is 1.89. The number of aryl methyl sites for hydroxylation is 2. The fraction of sp³-hybridized carbons (Fsp3) is 0.400. The van der Waals surface area contributed by atoms with Crippen LogP contribution < -0.4 is 21.1 Å². The van der Waals surface area contributed by atoms with Crippen molar-refractivity contribution >= 4 is 18.2 Å². The van der Waals surface area contributed by atoms with E-state index in [-0.39, 0.29) is 18.2 Å². The first-order chi connectivity index (χ1) is 14.5. The molecule has 0 saturated carbocycles. The molecular formula is C20H31ClN6O4. The van der Waals surface area contributed by atoms with Gasteiger partial charge in [-0.3, -0.25) is 0 Å². The van der Waals surface area contributed by atoms with Gasteiger partial charge in [-0.05, 0) is 37.8 Å². The zero-order valence-electron chi connectivity index (χ0n) is 17.8. The van der Waals surface area contributed by atoms with Gasteiger partial charge < -0.3 is 25.6 Å². The third-order valence-corrected chi connectivity index (χ3v) is 3.41. The molecule has 2 aromatic heterocycles. The Balaban J connectivity index is 0. The summed E-state index contributed by atoms with van der Waals surface area (Å²) in [5.41, 5.74) is 7.51. The summed E-state index contributed by atoms with van der Waals surface area (Å²) in [6.07, 6.45) is 6.02. The van der Waals surface area contributed by atoms with Gasteiger partial charge in [0.1, 0.15) is 5.84 Å². The van der Waals surface area contributed by atoms with Gasteiger partial charge in [-0.15, -0.1) is 12.4 Å². The van der Waals surface area contributed by atoms with Gasteiger partial charge in [0, 0.05) is 37.4 Å². The van der Waals surface area contributed by atoms with Crippen LogP contribution in [-0.2, 0) is 0 Å². The minimum absolute atomic E-state index is 0. The number of oxime groups is 1. The van der Waals surface area contributed by atoms with E-state index in [1.54, 1.807) is 12.4 Å². The molecule has 2 aromatic rings. The molecule has 0 aliphatic heterocycles. The molecule has 0 aromatic carbocycles. The molecule has 0 atom stereocenters. The number of hydrogen-bond donors (Lipinski definition) is 4. The largest absolute Gasteiger partial charge is 0.478 e. The van der Waals surface area contributed by atoms with Gasteiger partial charge in [0.15, 0.2) is 0 Å². The topological polar surface area (TPSA) is 173 Å². The standard InChI is InChI=1S/C10H15N3O2.C10H12N2O.ClH.H3NO/c1-8-4-5-10(12-7-8)15-6-2-3-9(11)13-14;1-9-4-5-10(12-8-9)13-7-3-2-6-11;;1-2/h4-5,7,14H,2-3,6H2,1H3,(H2,11,13);4-5,8H,2-3,7H2,1H3;1H;2H,1H2. The van der Waals surface area contributed by atoms with Crippen molar-refractivity contribution in [2.45, 2.75) is 39.5 Å². The van der Waals surface area contributed by atoms with Crippen LogP contribution in [0, 0.1) is 25.2 Å². The van der Waals surface area contributed by atoms with Crippen LogP contribution in [0.4, 0.5) is 0 Å². The predicted octanol–water partition coefficient (Wildman–Crippen LogP) is 3.12. The van der Waals surface area contributed by atoms with Crippen LogP contribution in [-0.4, -0.2) is 39.4 Å². The molecule has 0 spiro atoms. The van der Waals surface area contributed by atoms with E-state index in [9.17, 15) is 0 Å². The Bertz CT molecular complexity index is 752. The Morgan fingerprint density at radius 3 is 1.87 bits per heavy atom. The van der Waals surface area contributed by atoms with E-state index in [0.717, 1.165) is 17.5 Å². The van der Waals surface area contributed by atoms with Crippen molar-refractivity contribution in [3.8, 4) is 17.8 Å². The smallest absolute Gasteiger partial charge is 0.213 e. The molecule has 0 saturated heterocycles.